The third kappa shape index (κ3) is 2.39. The Balaban J connectivity index is 1.66. The van der Waals surface area contributed by atoms with Gasteiger partial charge in [-0.2, -0.15) is 0 Å². The van der Waals surface area contributed by atoms with E-state index in [1.165, 1.54) is 0 Å². The molecule has 140 valence electrons. The summed E-state index contributed by atoms with van der Waals surface area (Å²) >= 11 is 0. The largest absolute Gasteiger partial charge is 0.393 e. The Kier molecular flexibility index (Phi) is 4.16. The SMILES string of the molecule is C[C@]12CC[C@@H](O)C[C@@H]1CC[C@@H]1[C@H]3CC[C@@H](C(=O)CO)[C@@]3(C)CC(=O)[C@H]12. The summed E-state index contributed by atoms with van der Waals surface area (Å²) in [4.78, 5) is 25.6. The molecule has 0 aromatic heterocycles. The lowest BCUT2D eigenvalue weighted by Crippen LogP contribution is -2.58. The van der Waals surface area contributed by atoms with Crippen molar-refractivity contribution >= 4 is 11.6 Å². The molecule has 4 fully saturated rings. The van der Waals surface area contributed by atoms with Crippen molar-refractivity contribution in [2.45, 2.75) is 71.3 Å². The second-order valence-corrected chi connectivity index (χ2v) is 9.86. The fourth-order valence-corrected chi connectivity index (χ4v) is 7.69. The number of fused-ring (bicyclic) bond motifs is 5. The molecule has 0 aromatic rings. The molecule has 4 heteroatoms. The normalized spacial score (nSPS) is 52.2. The zero-order valence-electron chi connectivity index (χ0n) is 15.5. The van der Waals surface area contributed by atoms with Crippen molar-refractivity contribution in [1.29, 1.82) is 0 Å². The summed E-state index contributed by atoms with van der Waals surface area (Å²) in [6.45, 7) is 4.04. The van der Waals surface area contributed by atoms with E-state index in [1.54, 1.807) is 0 Å². The number of aliphatic hydroxyl groups excluding tert-OH is 2. The Labute approximate surface area is 150 Å². The standard InChI is InChI=1S/C21H32O4/c1-20-8-7-13(23)9-12(20)3-4-14-15-5-6-16(18(25)11-22)21(15,2)10-17(24)19(14)20/h12-16,19,22-23H,3-11H2,1-2H3/t12-,13+,14+,15+,16-,19-,20-,21-/m0/s1. The molecule has 4 saturated carbocycles. The average molecular weight is 348 g/mol. The van der Waals surface area contributed by atoms with Crippen molar-refractivity contribution in [3.8, 4) is 0 Å². The smallest absolute Gasteiger partial charge is 0.161 e. The number of hydrogen-bond acceptors (Lipinski definition) is 4. The lowest BCUT2D eigenvalue weighted by atomic mass is 9.44. The highest BCUT2D eigenvalue weighted by atomic mass is 16.3. The Morgan fingerprint density at radius 2 is 1.88 bits per heavy atom. The zero-order chi connectivity index (χ0) is 18.0. The molecule has 8 atom stereocenters. The van der Waals surface area contributed by atoms with Crippen LogP contribution in [0.15, 0.2) is 0 Å². The van der Waals surface area contributed by atoms with Gasteiger partial charge in [0.25, 0.3) is 0 Å². The van der Waals surface area contributed by atoms with Crippen molar-refractivity contribution in [2.75, 3.05) is 6.61 Å². The minimum Gasteiger partial charge on any atom is -0.393 e. The Bertz CT molecular complexity index is 586. The molecule has 0 aromatic carbocycles. The first kappa shape index (κ1) is 17.7. The summed E-state index contributed by atoms with van der Waals surface area (Å²) in [6, 6.07) is 0. The summed E-state index contributed by atoms with van der Waals surface area (Å²) in [5.74, 6) is 1.52. The van der Waals surface area contributed by atoms with Crippen LogP contribution in [0.3, 0.4) is 0 Å². The first-order chi connectivity index (χ1) is 11.8. The van der Waals surface area contributed by atoms with Gasteiger partial charge in [0.15, 0.2) is 5.78 Å². The van der Waals surface area contributed by atoms with E-state index in [2.05, 4.69) is 13.8 Å². The summed E-state index contributed by atoms with van der Waals surface area (Å²) in [7, 11) is 0. The van der Waals surface area contributed by atoms with Crippen LogP contribution in [-0.2, 0) is 9.59 Å². The molecule has 2 N–H and O–H groups in total. The summed E-state index contributed by atoms with van der Waals surface area (Å²) in [5.41, 5.74) is -0.227. The molecule has 0 spiro atoms. The van der Waals surface area contributed by atoms with E-state index in [0.717, 1.165) is 44.9 Å². The van der Waals surface area contributed by atoms with E-state index in [4.69, 9.17) is 0 Å². The van der Waals surface area contributed by atoms with E-state index in [9.17, 15) is 19.8 Å². The molecule has 0 saturated heterocycles. The summed E-state index contributed by atoms with van der Waals surface area (Å²) in [5, 5.41) is 19.5. The molecule has 4 aliphatic rings. The Morgan fingerprint density at radius 1 is 1.12 bits per heavy atom. The van der Waals surface area contributed by atoms with Crippen molar-refractivity contribution in [1.82, 2.24) is 0 Å². The average Bonchev–Trinajstić information content (AvgIpc) is 2.91. The van der Waals surface area contributed by atoms with Gasteiger partial charge in [0.1, 0.15) is 12.4 Å². The molecule has 0 unspecified atom stereocenters. The van der Waals surface area contributed by atoms with Crippen LogP contribution in [0.5, 0.6) is 0 Å². The van der Waals surface area contributed by atoms with Crippen LogP contribution in [0.2, 0.25) is 0 Å². The predicted octanol–water partition coefficient (Wildman–Crippen LogP) is 2.75. The van der Waals surface area contributed by atoms with Gasteiger partial charge in [-0.3, -0.25) is 9.59 Å². The molecule has 0 bridgehead atoms. The monoisotopic (exact) mass is 348 g/mol. The van der Waals surface area contributed by atoms with Gasteiger partial charge in [0.05, 0.1) is 6.10 Å². The van der Waals surface area contributed by atoms with Gasteiger partial charge < -0.3 is 10.2 Å². The fourth-order valence-electron chi connectivity index (χ4n) is 7.69. The van der Waals surface area contributed by atoms with E-state index in [-0.39, 0.29) is 34.6 Å². The number of ketones is 2. The molecular formula is C21H32O4. The van der Waals surface area contributed by atoms with Gasteiger partial charge in [-0.15, -0.1) is 0 Å². The maximum atomic E-state index is 13.3. The quantitative estimate of drug-likeness (QED) is 0.805. The Hall–Kier alpha value is -0.740. The number of carbonyl (C=O) groups excluding carboxylic acids is 2. The highest BCUT2D eigenvalue weighted by molar-refractivity contribution is 5.88. The van der Waals surface area contributed by atoms with Gasteiger partial charge in [0, 0.05) is 18.3 Å². The maximum absolute atomic E-state index is 13.3. The zero-order valence-corrected chi connectivity index (χ0v) is 15.5. The molecule has 0 heterocycles. The minimum absolute atomic E-state index is 0.0274. The predicted molar refractivity (Wildman–Crippen MR) is 93.7 cm³/mol. The van der Waals surface area contributed by atoms with Crippen molar-refractivity contribution in [3.05, 3.63) is 0 Å². The number of aliphatic hydroxyl groups is 2. The van der Waals surface area contributed by atoms with Crippen LogP contribution >= 0.6 is 0 Å². The molecule has 4 nitrogen and oxygen atoms in total. The third-order valence-electron chi connectivity index (χ3n) is 8.87. The van der Waals surface area contributed by atoms with Crippen LogP contribution in [0.25, 0.3) is 0 Å². The second kappa shape index (κ2) is 5.88. The van der Waals surface area contributed by atoms with E-state index in [0.29, 0.717) is 30.0 Å². The van der Waals surface area contributed by atoms with Crippen molar-refractivity contribution in [2.24, 2.45) is 40.4 Å². The molecular weight excluding hydrogens is 316 g/mol. The van der Waals surface area contributed by atoms with Crippen molar-refractivity contribution in [3.63, 3.8) is 0 Å². The highest BCUT2D eigenvalue weighted by Crippen LogP contribution is 2.66. The number of carbonyl (C=O) groups is 2. The van der Waals surface area contributed by atoms with Crippen LogP contribution in [-0.4, -0.2) is 34.5 Å². The molecule has 4 aliphatic carbocycles. The summed E-state index contributed by atoms with van der Waals surface area (Å²) in [6.07, 6.45) is 6.93. The molecule has 0 aliphatic heterocycles. The number of rotatable bonds is 2. The van der Waals surface area contributed by atoms with Crippen LogP contribution in [0, 0.1) is 40.4 Å². The lowest BCUT2D eigenvalue weighted by Gasteiger charge is -2.59. The fraction of sp³-hybridized carbons (Fsp3) is 0.905. The molecule has 25 heavy (non-hydrogen) atoms. The van der Waals surface area contributed by atoms with Crippen LogP contribution in [0.4, 0.5) is 0 Å². The number of hydrogen-bond donors (Lipinski definition) is 2. The lowest BCUT2D eigenvalue weighted by molar-refractivity contribution is -0.162. The number of Topliss-reactive ketones (excluding diaryl/α,β-unsaturated/α-hetero) is 2. The van der Waals surface area contributed by atoms with Gasteiger partial charge >= 0.3 is 0 Å². The van der Waals surface area contributed by atoms with Gasteiger partial charge in [-0.1, -0.05) is 13.8 Å². The van der Waals surface area contributed by atoms with Gasteiger partial charge in [-0.25, -0.2) is 0 Å². The second-order valence-electron chi connectivity index (χ2n) is 9.86. The van der Waals surface area contributed by atoms with Crippen LogP contribution in [0.1, 0.15) is 65.2 Å². The third-order valence-corrected chi connectivity index (χ3v) is 8.87. The first-order valence-electron chi connectivity index (χ1n) is 10.2. The van der Waals surface area contributed by atoms with Crippen molar-refractivity contribution < 1.29 is 19.8 Å². The van der Waals surface area contributed by atoms with E-state index in [1.807, 2.05) is 0 Å². The van der Waals surface area contributed by atoms with E-state index < -0.39 is 6.61 Å². The maximum Gasteiger partial charge on any atom is 0.161 e. The molecule has 0 radical (unpaired) electrons. The van der Waals surface area contributed by atoms with Gasteiger partial charge in [-0.05, 0) is 73.5 Å². The molecule has 4 rings (SSSR count). The topological polar surface area (TPSA) is 74.6 Å². The molecule has 0 amide bonds. The highest BCUT2D eigenvalue weighted by Gasteiger charge is 2.63. The Morgan fingerprint density at radius 3 is 2.60 bits per heavy atom. The first-order valence-corrected chi connectivity index (χ1v) is 10.2. The van der Waals surface area contributed by atoms with Crippen LogP contribution < -0.4 is 0 Å². The minimum atomic E-state index is -0.396. The van der Waals surface area contributed by atoms with E-state index >= 15 is 0 Å². The van der Waals surface area contributed by atoms with Gasteiger partial charge in [0.2, 0.25) is 0 Å². The summed E-state index contributed by atoms with van der Waals surface area (Å²) < 4.78 is 0.